The van der Waals surface area contributed by atoms with Crippen LogP contribution in [0.4, 0.5) is 34.1 Å². The van der Waals surface area contributed by atoms with Gasteiger partial charge >= 0.3 is 0 Å². The molecular weight excluding hydrogens is 581 g/mol. The van der Waals surface area contributed by atoms with Gasteiger partial charge in [0.05, 0.1) is 0 Å². The lowest BCUT2D eigenvalue weighted by molar-refractivity contribution is 0.660. The molecule has 0 saturated heterocycles. The van der Waals surface area contributed by atoms with Crippen molar-refractivity contribution in [3.05, 3.63) is 192 Å². The molecule has 0 amide bonds. The van der Waals surface area contributed by atoms with Crippen molar-refractivity contribution in [2.45, 2.75) is 25.7 Å². The van der Waals surface area contributed by atoms with E-state index in [1.165, 1.54) is 55.9 Å². The Kier molecular flexibility index (Phi) is 6.58. The number of nitrogens with zero attached hydrogens (tertiary/aromatic N) is 2. The Morgan fingerprint density at radius 2 is 0.771 bits per heavy atom. The number of anilines is 6. The Bertz CT molecular complexity index is 2190. The standard InChI is InChI=1S/C46H36N2/c1-46(2)44-30-39(48(36-19-11-5-12-20-36)37-21-13-6-14-22-37)24-26-41(44)43-29-33-27-32-28-38(23-25-40(32)42(33)31-45(43)46)47(34-15-7-3-8-16-34)35-17-9-4-10-18-35/h3-26,28-31H,27H2,1-2H3. The first-order valence-corrected chi connectivity index (χ1v) is 16.8. The van der Waals surface area contributed by atoms with Gasteiger partial charge in [-0.1, -0.05) is 98.8 Å². The molecule has 2 nitrogen and oxygen atoms in total. The molecule has 0 atom stereocenters. The predicted octanol–water partition coefficient (Wildman–Crippen LogP) is 12.5. The van der Waals surface area contributed by atoms with Crippen molar-refractivity contribution in [2.75, 3.05) is 9.80 Å². The topological polar surface area (TPSA) is 6.48 Å². The van der Waals surface area contributed by atoms with E-state index in [4.69, 9.17) is 0 Å². The van der Waals surface area contributed by atoms with E-state index in [9.17, 15) is 0 Å². The van der Waals surface area contributed by atoms with Crippen molar-refractivity contribution >= 4 is 34.1 Å². The molecule has 0 heterocycles. The third-order valence-electron chi connectivity index (χ3n) is 10.2. The summed E-state index contributed by atoms with van der Waals surface area (Å²) in [6.45, 7) is 4.78. The highest BCUT2D eigenvalue weighted by Crippen LogP contribution is 2.54. The van der Waals surface area contributed by atoms with E-state index < -0.39 is 0 Å². The zero-order valence-corrected chi connectivity index (χ0v) is 27.3. The molecule has 230 valence electrons. The maximum Gasteiger partial charge on any atom is 0.0465 e. The third kappa shape index (κ3) is 4.56. The molecule has 0 unspecified atom stereocenters. The van der Waals surface area contributed by atoms with Crippen LogP contribution in [0, 0.1) is 0 Å². The Balaban J connectivity index is 1.10. The molecular formula is C46H36N2. The molecule has 2 heteroatoms. The molecule has 0 radical (unpaired) electrons. The second-order valence-corrected chi connectivity index (χ2v) is 13.4. The van der Waals surface area contributed by atoms with Gasteiger partial charge in [-0.3, -0.25) is 0 Å². The van der Waals surface area contributed by atoms with Crippen LogP contribution in [0.5, 0.6) is 0 Å². The highest BCUT2D eigenvalue weighted by molar-refractivity contribution is 5.91. The van der Waals surface area contributed by atoms with Crippen LogP contribution in [0.25, 0.3) is 22.3 Å². The Morgan fingerprint density at radius 1 is 0.354 bits per heavy atom. The van der Waals surface area contributed by atoms with Gasteiger partial charge in [0, 0.05) is 39.5 Å². The van der Waals surface area contributed by atoms with Crippen LogP contribution in [0.1, 0.15) is 36.1 Å². The van der Waals surface area contributed by atoms with Crippen LogP contribution in [0.15, 0.2) is 170 Å². The number of hydrogen-bond donors (Lipinski definition) is 0. The summed E-state index contributed by atoms with van der Waals surface area (Å²) >= 11 is 0. The van der Waals surface area contributed by atoms with Gasteiger partial charge in [0.1, 0.15) is 0 Å². The van der Waals surface area contributed by atoms with Crippen LogP contribution < -0.4 is 9.80 Å². The van der Waals surface area contributed by atoms with E-state index in [0.29, 0.717) is 0 Å². The summed E-state index contributed by atoms with van der Waals surface area (Å²) in [6, 6.07) is 61.7. The lowest BCUT2D eigenvalue weighted by atomic mass is 9.81. The molecule has 2 aliphatic carbocycles. The van der Waals surface area contributed by atoms with Crippen LogP contribution in [0.3, 0.4) is 0 Å². The van der Waals surface area contributed by atoms with Crippen LogP contribution in [-0.2, 0) is 11.8 Å². The minimum atomic E-state index is -0.130. The summed E-state index contributed by atoms with van der Waals surface area (Å²) in [5.41, 5.74) is 17.9. The summed E-state index contributed by atoms with van der Waals surface area (Å²) < 4.78 is 0. The minimum Gasteiger partial charge on any atom is -0.310 e. The van der Waals surface area contributed by atoms with Crippen molar-refractivity contribution in [1.82, 2.24) is 0 Å². The number of hydrogen-bond acceptors (Lipinski definition) is 2. The van der Waals surface area contributed by atoms with Crippen molar-refractivity contribution in [3.8, 4) is 22.3 Å². The molecule has 0 bridgehead atoms. The van der Waals surface area contributed by atoms with E-state index in [-0.39, 0.29) is 5.41 Å². The average Bonchev–Trinajstić information content (AvgIpc) is 3.60. The molecule has 9 rings (SSSR count). The molecule has 0 spiro atoms. The Morgan fingerprint density at radius 3 is 1.27 bits per heavy atom. The van der Waals surface area contributed by atoms with Gasteiger partial charge < -0.3 is 9.80 Å². The van der Waals surface area contributed by atoms with Crippen LogP contribution in [-0.4, -0.2) is 0 Å². The predicted molar refractivity (Wildman–Crippen MR) is 202 cm³/mol. The summed E-state index contributed by atoms with van der Waals surface area (Å²) in [5.74, 6) is 0. The lowest BCUT2D eigenvalue weighted by Gasteiger charge is -2.28. The molecule has 7 aromatic rings. The molecule has 2 aliphatic rings. The number of benzene rings is 7. The van der Waals surface area contributed by atoms with Crippen molar-refractivity contribution in [2.24, 2.45) is 0 Å². The van der Waals surface area contributed by atoms with Gasteiger partial charge in [0.2, 0.25) is 0 Å². The van der Waals surface area contributed by atoms with E-state index in [2.05, 4.69) is 194 Å². The molecule has 48 heavy (non-hydrogen) atoms. The Hall–Kier alpha value is -5.86. The van der Waals surface area contributed by atoms with Crippen LogP contribution >= 0.6 is 0 Å². The maximum absolute atomic E-state index is 2.49. The fourth-order valence-corrected chi connectivity index (χ4v) is 7.89. The monoisotopic (exact) mass is 616 g/mol. The molecule has 0 aliphatic heterocycles. The van der Waals surface area contributed by atoms with Gasteiger partial charge in [0.15, 0.2) is 0 Å². The largest absolute Gasteiger partial charge is 0.310 e. The first-order valence-electron chi connectivity index (χ1n) is 16.8. The van der Waals surface area contributed by atoms with Crippen molar-refractivity contribution in [3.63, 3.8) is 0 Å². The van der Waals surface area contributed by atoms with Crippen LogP contribution in [0.2, 0.25) is 0 Å². The first-order chi connectivity index (χ1) is 23.6. The fraction of sp³-hybridized carbons (Fsp3) is 0.0870. The number of para-hydroxylation sites is 4. The van der Waals surface area contributed by atoms with E-state index in [0.717, 1.165) is 29.2 Å². The normalized spacial score (nSPS) is 13.3. The molecule has 0 aromatic heterocycles. The van der Waals surface area contributed by atoms with E-state index in [1.54, 1.807) is 0 Å². The van der Waals surface area contributed by atoms with Gasteiger partial charge in [-0.15, -0.1) is 0 Å². The smallest absolute Gasteiger partial charge is 0.0465 e. The zero-order chi connectivity index (χ0) is 32.2. The molecule has 0 N–H and O–H groups in total. The molecule has 7 aromatic carbocycles. The summed E-state index contributed by atoms with van der Waals surface area (Å²) in [5, 5.41) is 0. The quantitative estimate of drug-likeness (QED) is 0.183. The molecule has 0 saturated carbocycles. The summed E-state index contributed by atoms with van der Waals surface area (Å²) in [7, 11) is 0. The average molecular weight is 617 g/mol. The Labute approximate surface area is 283 Å². The third-order valence-corrected chi connectivity index (χ3v) is 10.2. The molecule has 0 fully saturated rings. The highest BCUT2D eigenvalue weighted by Gasteiger charge is 2.38. The lowest BCUT2D eigenvalue weighted by Crippen LogP contribution is -2.16. The van der Waals surface area contributed by atoms with Gasteiger partial charge in [0.25, 0.3) is 0 Å². The number of rotatable bonds is 6. The summed E-state index contributed by atoms with van der Waals surface area (Å²) in [4.78, 5) is 4.72. The van der Waals surface area contributed by atoms with Gasteiger partial charge in [-0.2, -0.15) is 0 Å². The fourth-order valence-electron chi connectivity index (χ4n) is 7.89. The van der Waals surface area contributed by atoms with Crippen molar-refractivity contribution < 1.29 is 0 Å². The highest BCUT2D eigenvalue weighted by atomic mass is 15.1. The first kappa shape index (κ1) is 28.4. The second kappa shape index (κ2) is 11.1. The minimum absolute atomic E-state index is 0.130. The second-order valence-electron chi connectivity index (χ2n) is 13.4. The maximum atomic E-state index is 2.49. The zero-order valence-electron chi connectivity index (χ0n) is 27.3. The van der Waals surface area contributed by atoms with Gasteiger partial charge in [-0.05, 0) is 136 Å². The summed E-state index contributed by atoms with van der Waals surface area (Å²) in [6.07, 6.45) is 0.937. The SMILES string of the molecule is CC1(C)c2cc(N(c3ccccc3)c3ccccc3)ccc2-c2cc3c(cc21)-c1ccc(N(c2ccccc2)c2ccccc2)cc1C3. The van der Waals surface area contributed by atoms with E-state index >= 15 is 0 Å². The van der Waals surface area contributed by atoms with Gasteiger partial charge in [-0.25, -0.2) is 0 Å². The number of fused-ring (bicyclic) bond motifs is 6. The van der Waals surface area contributed by atoms with E-state index in [1.807, 2.05) is 0 Å². The van der Waals surface area contributed by atoms with Crippen molar-refractivity contribution in [1.29, 1.82) is 0 Å².